The van der Waals surface area contributed by atoms with Gasteiger partial charge in [-0.1, -0.05) is 57.7 Å². The predicted octanol–water partition coefficient (Wildman–Crippen LogP) is 2.15. The smallest absolute Gasteiger partial charge is 0.408 e. The molecule has 1 heterocycles. The number of β-lactam (4-membered cyclic amide) rings is 1. The Bertz CT molecular complexity index is 603. The number of aliphatic hydroxyl groups is 1. The predicted molar refractivity (Wildman–Crippen MR) is 97.2 cm³/mol. The maximum Gasteiger partial charge on any atom is 0.408 e. The maximum atomic E-state index is 12.4. The van der Waals surface area contributed by atoms with E-state index >= 15 is 0 Å². The third-order valence-electron chi connectivity index (χ3n) is 4.09. The highest BCUT2D eigenvalue weighted by molar-refractivity contribution is 6.58. The zero-order chi connectivity index (χ0) is 18.6. The first-order valence-corrected chi connectivity index (χ1v) is 10.6. The van der Waals surface area contributed by atoms with Crippen molar-refractivity contribution < 1.29 is 19.4 Å². The molecule has 1 fully saturated rings. The van der Waals surface area contributed by atoms with Crippen LogP contribution in [-0.4, -0.2) is 49.3 Å². The van der Waals surface area contributed by atoms with E-state index in [2.05, 4.69) is 32.6 Å². The van der Waals surface area contributed by atoms with Crippen LogP contribution < -0.4 is 5.32 Å². The quantitative estimate of drug-likeness (QED) is 0.600. The van der Waals surface area contributed by atoms with Crippen molar-refractivity contribution in [2.75, 3.05) is 6.61 Å². The lowest BCUT2D eigenvalue weighted by Gasteiger charge is -2.50. The molecule has 2 unspecified atom stereocenters. The fourth-order valence-electron chi connectivity index (χ4n) is 3.11. The van der Waals surface area contributed by atoms with Crippen LogP contribution in [0.5, 0.6) is 0 Å². The average Bonchev–Trinajstić information content (AvgIpc) is 2.54. The lowest BCUT2D eigenvalue weighted by Crippen LogP contribution is -2.75. The van der Waals surface area contributed by atoms with E-state index in [9.17, 15) is 14.7 Å². The Kier molecular flexibility index (Phi) is 6.24. The number of hydrogen-bond acceptors (Lipinski definition) is 4. The Morgan fingerprint density at radius 3 is 2.52 bits per heavy atom. The Morgan fingerprint density at radius 1 is 1.32 bits per heavy atom. The van der Waals surface area contributed by atoms with Crippen molar-refractivity contribution in [3.8, 4) is 0 Å². The molecule has 0 bridgehead atoms. The van der Waals surface area contributed by atoms with Crippen LogP contribution in [0, 0.1) is 5.41 Å². The van der Waals surface area contributed by atoms with Gasteiger partial charge in [0.05, 0.1) is 12.6 Å². The number of alkyl carbamates (subject to hydrolysis) is 1. The fraction of sp³-hybridized carbons (Fsp3) is 0.556. The molecule has 0 spiro atoms. The molecule has 0 aromatic heterocycles. The van der Waals surface area contributed by atoms with Gasteiger partial charge in [0, 0.05) is 0 Å². The van der Waals surface area contributed by atoms with Gasteiger partial charge >= 0.3 is 6.09 Å². The molecular weight excluding hydrogens is 336 g/mol. The van der Waals surface area contributed by atoms with Gasteiger partial charge in [-0.2, -0.15) is 0 Å². The van der Waals surface area contributed by atoms with Crippen molar-refractivity contribution in [2.24, 2.45) is 5.41 Å². The van der Waals surface area contributed by atoms with Gasteiger partial charge in [-0.15, -0.1) is 0 Å². The molecule has 1 aromatic rings. The van der Waals surface area contributed by atoms with E-state index in [1.165, 1.54) is 0 Å². The molecule has 1 aromatic carbocycles. The molecule has 2 rings (SSSR count). The van der Waals surface area contributed by atoms with E-state index in [4.69, 9.17) is 4.74 Å². The van der Waals surface area contributed by atoms with Crippen LogP contribution in [0.15, 0.2) is 30.3 Å². The topological polar surface area (TPSA) is 78.9 Å². The van der Waals surface area contributed by atoms with Crippen LogP contribution in [0.2, 0.25) is 12.6 Å². The number of carbonyl (C=O) groups is 2. The summed E-state index contributed by atoms with van der Waals surface area (Å²) in [5.41, 5.74) is 0.998. The average molecular weight is 364 g/mol. The summed E-state index contributed by atoms with van der Waals surface area (Å²) in [4.78, 5) is 24.4. The van der Waals surface area contributed by atoms with Gasteiger partial charge in [0.2, 0.25) is 5.91 Å². The third-order valence-corrected chi connectivity index (χ3v) is 7.04. The zero-order valence-electron chi connectivity index (χ0n) is 15.3. The van der Waals surface area contributed by atoms with Gasteiger partial charge in [0.1, 0.15) is 12.6 Å². The van der Waals surface area contributed by atoms with E-state index in [1.807, 2.05) is 30.3 Å². The second-order valence-electron chi connectivity index (χ2n) is 7.61. The Morgan fingerprint density at radius 2 is 1.96 bits per heavy atom. The van der Waals surface area contributed by atoms with Crippen LogP contribution in [0.1, 0.15) is 26.3 Å². The van der Waals surface area contributed by atoms with Crippen molar-refractivity contribution in [1.29, 1.82) is 0 Å². The summed E-state index contributed by atoms with van der Waals surface area (Å²) in [6.07, 6.45) is -0.638. The summed E-state index contributed by atoms with van der Waals surface area (Å²) in [7, 11) is -1.09. The minimum Gasteiger partial charge on any atom is -0.445 e. The van der Waals surface area contributed by atoms with E-state index in [1.54, 1.807) is 4.57 Å². The van der Waals surface area contributed by atoms with Crippen molar-refractivity contribution in [2.45, 2.75) is 52.1 Å². The standard InChI is InChI=1S/C18H27N2O4Si/c1-18(2,3)12-25(4)20-14(10-21)15(16(20)22)19-17(23)24-11-13-8-6-5-7-9-13/h5-9,14-15,21H,10-12H2,1-4H3,(H,19,23). The number of benzene rings is 1. The second kappa shape index (κ2) is 8.01. The highest BCUT2D eigenvalue weighted by atomic mass is 28.3. The summed E-state index contributed by atoms with van der Waals surface area (Å²) in [5.74, 6) is -0.128. The van der Waals surface area contributed by atoms with E-state index in [0.29, 0.717) is 0 Å². The first-order chi connectivity index (χ1) is 11.7. The highest BCUT2D eigenvalue weighted by Crippen LogP contribution is 2.29. The summed E-state index contributed by atoms with van der Waals surface area (Å²) in [5, 5.41) is 12.2. The molecule has 2 amide bonds. The molecule has 1 aliphatic heterocycles. The first-order valence-electron chi connectivity index (χ1n) is 8.46. The van der Waals surface area contributed by atoms with Crippen molar-refractivity contribution in [1.82, 2.24) is 9.88 Å². The largest absolute Gasteiger partial charge is 0.445 e. The number of hydrogen-bond donors (Lipinski definition) is 2. The molecule has 0 aliphatic carbocycles. The highest BCUT2D eigenvalue weighted by Gasteiger charge is 2.50. The minimum absolute atomic E-state index is 0.121. The van der Waals surface area contributed by atoms with Gasteiger partial charge in [0.15, 0.2) is 8.96 Å². The summed E-state index contributed by atoms with van der Waals surface area (Å²) < 4.78 is 6.92. The normalized spacial score (nSPS) is 20.4. The number of carbonyl (C=O) groups excluding carboxylic acids is 2. The van der Waals surface area contributed by atoms with Crippen LogP contribution in [0.4, 0.5) is 4.79 Å². The maximum absolute atomic E-state index is 12.4. The monoisotopic (exact) mass is 363 g/mol. The molecule has 1 saturated heterocycles. The Hall–Kier alpha value is -1.86. The number of rotatable bonds is 6. The van der Waals surface area contributed by atoms with Gasteiger partial charge in [-0.25, -0.2) is 4.79 Å². The first kappa shape index (κ1) is 19.5. The molecule has 6 nitrogen and oxygen atoms in total. The number of nitrogens with zero attached hydrogens (tertiary/aromatic N) is 1. The zero-order valence-corrected chi connectivity index (χ0v) is 16.3. The number of aliphatic hydroxyl groups excluding tert-OH is 1. The molecule has 137 valence electrons. The number of nitrogens with one attached hydrogen (secondary N) is 1. The SMILES string of the molecule is C[Si](CC(C)(C)C)N1C(=O)C(NC(=O)OCc2ccccc2)C1CO. The van der Waals surface area contributed by atoms with E-state index in [0.717, 1.165) is 11.6 Å². The van der Waals surface area contributed by atoms with Gasteiger partial charge in [-0.05, 0) is 17.0 Å². The molecular formula is C18H27N2O4Si. The Labute approximate surface area is 150 Å². The van der Waals surface area contributed by atoms with E-state index < -0.39 is 21.1 Å². The lowest BCUT2D eigenvalue weighted by atomic mass is 10.00. The number of ether oxygens (including phenoxy) is 1. The van der Waals surface area contributed by atoms with Gasteiger partial charge in [0.25, 0.3) is 0 Å². The van der Waals surface area contributed by atoms with Crippen LogP contribution in [0.3, 0.4) is 0 Å². The van der Waals surface area contributed by atoms with Gasteiger partial charge in [-0.3, -0.25) is 4.79 Å². The molecule has 2 N–H and O–H groups in total. The Balaban J connectivity index is 1.88. The van der Waals surface area contributed by atoms with Crippen molar-refractivity contribution in [3.63, 3.8) is 0 Å². The number of amides is 2. The molecule has 0 saturated carbocycles. The lowest BCUT2D eigenvalue weighted by molar-refractivity contribution is -0.144. The summed E-state index contributed by atoms with van der Waals surface area (Å²) in [6, 6.07) is 9.20. The minimum atomic E-state index is -1.09. The summed E-state index contributed by atoms with van der Waals surface area (Å²) in [6.45, 7) is 8.46. The molecule has 7 heteroatoms. The third kappa shape index (κ3) is 5.06. The van der Waals surface area contributed by atoms with E-state index in [-0.39, 0.29) is 30.6 Å². The van der Waals surface area contributed by atoms with Gasteiger partial charge < -0.3 is 19.7 Å². The molecule has 1 radical (unpaired) electrons. The van der Waals surface area contributed by atoms with Crippen LogP contribution in [-0.2, 0) is 16.1 Å². The molecule has 25 heavy (non-hydrogen) atoms. The van der Waals surface area contributed by atoms with Crippen LogP contribution >= 0.6 is 0 Å². The summed E-state index contributed by atoms with van der Waals surface area (Å²) >= 11 is 0. The van der Waals surface area contributed by atoms with Crippen molar-refractivity contribution >= 4 is 21.0 Å². The van der Waals surface area contributed by atoms with Crippen molar-refractivity contribution in [3.05, 3.63) is 35.9 Å². The molecule has 2 atom stereocenters. The molecule has 1 aliphatic rings. The second-order valence-corrected chi connectivity index (χ2v) is 9.92. The van der Waals surface area contributed by atoms with Crippen LogP contribution in [0.25, 0.3) is 0 Å². The fourth-order valence-corrected chi connectivity index (χ4v) is 6.12.